The smallest absolute Gasteiger partial charge is 0.341 e. The fourth-order valence-electron chi connectivity index (χ4n) is 0.739. The van der Waals surface area contributed by atoms with Crippen molar-refractivity contribution in [3.63, 3.8) is 0 Å². The minimum Gasteiger partial charge on any atom is -0.459 e. The molecule has 4 nitrogen and oxygen atoms in total. The van der Waals surface area contributed by atoms with Crippen molar-refractivity contribution < 1.29 is 9.53 Å². The largest absolute Gasteiger partial charge is 0.459 e. The predicted molar refractivity (Wildman–Crippen MR) is 47.2 cm³/mol. The second kappa shape index (κ2) is 4.54. The van der Waals surface area contributed by atoms with Gasteiger partial charge in [-0.15, -0.1) is 0 Å². The lowest BCUT2D eigenvalue weighted by Gasteiger charge is -2.09. The van der Waals surface area contributed by atoms with Gasteiger partial charge in [0, 0.05) is 12.4 Å². The molecule has 1 rings (SSSR count). The molecule has 0 aliphatic heterocycles. The van der Waals surface area contributed by atoms with E-state index in [1.807, 2.05) is 13.8 Å². The number of hydrogen-bond acceptors (Lipinski definition) is 4. The van der Waals surface area contributed by atoms with Crippen molar-refractivity contribution in [2.45, 2.75) is 26.4 Å². The highest BCUT2D eigenvalue weighted by molar-refractivity contribution is 5.88. The molecule has 0 aromatic carbocycles. The van der Waals surface area contributed by atoms with Crippen molar-refractivity contribution in [3.8, 4) is 0 Å². The fourth-order valence-corrected chi connectivity index (χ4v) is 0.739. The van der Waals surface area contributed by atoms with E-state index in [9.17, 15) is 4.79 Å². The molecule has 70 valence electrons. The zero-order valence-corrected chi connectivity index (χ0v) is 7.73. The van der Waals surface area contributed by atoms with Crippen molar-refractivity contribution in [2.75, 3.05) is 0 Å². The van der Waals surface area contributed by atoms with Crippen molar-refractivity contribution in [2.24, 2.45) is 0 Å². The number of ether oxygens (including phenoxy) is 1. The molecule has 1 heterocycles. The quantitative estimate of drug-likeness (QED) is 0.660. The average Bonchev–Trinajstić information content (AvgIpc) is 2.19. The van der Waals surface area contributed by atoms with E-state index in [0.29, 0.717) is 5.56 Å². The second-order valence-electron chi connectivity index (χ2n) is 2.75. The highest BCUT2D eigenvalue weighted by atomic mass is 16.5. The summed E-state index contributed by atoms with van der Waals surface area (Å²) in [6, 6.07) is 0. The zero-order valence-electron chi connectivity index (χ0n) is 7.73. The summed E-state index contributed by atoms with van der Waals surface area (Å²) in [5.41, 5.74) is 0.391. The fraction of sp³-hybridized carbons (Fsp3) is 0.444. The predicted octanol–water partition coefficient (Wildman–Crippen LogP) is 1.43. The van der Waals surface area contributed by atoms with Crippen molar-refractivity contribution in [1.29, 1.82) is 0 Å². The Kier molecular flexibility index (Phi) is 3.37. The number of esters is 1. The van der Waals surface area contributed by atoms with Crippen LogP contribution in [0.5, 0.6) is 0 Å². The first-order valence-corrected chi connectivity index (χ1v) is 4.20. The van der Waals surface area contributed by atoms with Crippen LogP contribution in [0.15, 0.2) is 18.7 Å². The average molecular weight is 180 g/mol. The van der Waals surface area contributed by atoms with E-state index in [1.165, 1.54) is 18.7 Å². The van der Waals surface area contributed by atoms with Gasteiger partial charge in [0.05, 0.1) is 11.7 Å². The van der Waals surface area contributed by atoms with Gasteiger partial charge in [0.15, 0.2) is 0 Å². The molecule has 1 atom stereocenters. The summed E-state index contributed by atoms with van der Waals surface area (Å²) in [7, 11) is 0. The highest BCUT2D eigenvalue weighted by Gasteiger charge is 2.10. The molecule has 0 N–H and O–H groups in total. The minimum atomic E-state index is -0.366. The van der Waals surface area contributed by atoms with Crippen LogP contribution < -0.4 is 0 Å². The zero-order chi connectivity index (χ0) is 9.68. The Morgan fingerprint density at radius 2 is 2.15 bits per heavy atom. The number of rotatable bonds is 3. The van der Waals surface area contributed by atoms with Crippen LogP contribution in [-0.4, -0.2) is 22.0 Å². The molecule has 1 aromatic heterocycles. The van der Waals surface area contributed by atoms with E-state index in [4.69, 9.17) is 4.74 Å². The molecule has 0 radical (unpaired) electrons. The maximum absolute atomic E-state index is 11.3. The summed E-state index contributed by atoms with van der Waals surface area (Å²) in [6.45, 7) is 3.81. The SMILES string of the molecule is CCC(C)OC(=O)c1cncnc1. The first-order valence-electron chi connectivity index (χ1n) is 4.20. The molecule has 0 amide bonds. The molecule has 0 spiro atoms. The van der Waals surface area contributed by atoms with Crippen LogP contribution in [0.4, 0.5) is 0 Å². The van der Waals surface area contributed by atoms with E-state index in [-0.39, 0.29) is 12.1 Å². The number of carbonyl (C=O) groups is 1. The maximum atomic E-state index is 11.3. The third-order valence-corrected chi connectivity index (χ3v) is 1.68. The molecule has 4 heteroatoms. The molecule has 1 aromatic rings. The summed E-state index contributed by atoms with van der Waals surface area (Å²) in [6.07, 6.45) is 5.00. The number of nitrogens with zero attached hydrogens (tertiary/aromatic N) is 2. The highest BCUT2D eigenvalue weighted by Crippen LogP contribution is 2.02. The Hall–Kier alpha value is -1.45. The van der Waals surface area contributed by atoms with Crippen LogP contribution in [0.3, 0.4) is 0 Å². The molecule has 0 saturated heterocycles. The van der Waals surface area contributed by atoms with Crippen molar-refractivity contribution in [1.82, 2.24) is 9.97 Å². The third-order valence-electron chi connectivity index (χ3n) is 1.68. The standard InChI is InChI=1S/C9H12N2O2/c1-3-7(2)13-9(12)8-4-10-6-11-5-8/h4-7H,3H2,1-2H3. The lowest BCUT2D eigenvalue weighted by atomic mass is 10.3. The molecule has 0 fully saturated rings. The van der Waals surface area contributed by atoms with Gasteiger partial charge in [-0.25, -0.2) is 14.8 Å². The topological polar surface area (TPSA) is 52.1 Å². The first-order chi connectivity index (χ1) is 6.24. The summed E-state index contributed by atoms with van der Waals surface area (Å²) >= 11 is 0. The Morgan fingerprint density at radius 3 is 2.69 bits per heavy atom. The molecule has 0 aliphatic rings. The molecule has 0 bridgehead atoms. The Morgan fingerprint density at radius 1 is 1.54 bits per heavy atom. The Labute approximate surface area is 77.0 Å². The molecule has 0 saturated carbocycles. The van der Waals surface area contributed by atoms with Gasteiger partial charge in [0.1, 0.15) is 6.33 Å². The second-order valence-corrected chi connectivity index (χ2v) is 2.75. The van der Waals surface area contributed by atoms with Gasteiger partial charge in [-0.1, -0.05) is 6.92 Å². The monoisotopic (exact) mass is 180 g/mol. The van der Waals surface area contributed by atoms with Crippen LogP contribution in [0.2, 0.25) is 0 Å². The van der Waals surface area contributed by atoms with Crippen LogP contribution in [0.25, 0.3) is 0 Å². The third kappa shape index (κ3) is 2.82. The molecule has 13 heavy (non-hydrogen) atoms. The van der Waals surface area contributed by atoms with Gasteiger partial charge in [0.2, 0.25) is 0 Å². The van der Waals surface area contributed by atoms with Crippen LogP contribution >= 0.6 is 0 Å². The van der Waals surface area contributed by atoms with E-state index < -0.39 is 0 Å². The summed E-state index contributed by atoms with van der Waals surface area (Å²) in [4.78, 5) is 18.8. The van der Waals surface area contributed by atoms with Gasteiger partial charge in [-0.05, 0) is 13.3 Å². The van der Waals surface area contributed by atoms with Crippen LogP contribution in [-0.2, 0) is 4.74 Å². The molecular formula is C9H12N2O2. The number of hydrogen-bond donors (Lipinski definition) is 0. The summed E-state index contributed by atoms with van der Waals surface area (Å²) < 4.78 is 5.07. The van der Waals surface area contributed by atoms with Gasteiger partial charge >= 0.3 is 5.97 Å². The lowest BCUT2D eigenvalue weighted by Crippen LogP contribution is -2.14. The normalized spacial score (nSPS) is 12.2. The molecule has 1 unspecified atom stereocenters. The number of carbonyl (C=O) groups excluding carboxylic acids is 1. The minimum absolute atomic E-state index is 0.0623. The summed E-state index contributed by atoms with van der Waals surface area (Å²) in [5.74, 6) is -0.366. The van der Waals surface area contributed by atoms with Crippen LogP contribution in [0, 0.1) is 0 Å². The van der Waals surface area contributed by atoms with E-state index >= 15 is 0 Å². The van der Waals surface area contributed by atoms with Gasteiger partial charge in [-0.3, -0.25) is 0 Å². The van der Waals surface area contributed by atoms with Gasteiger partial charge in [-0.2, -0.15) is 0 Å². The molecule has 0 aliphatic carbocycles. The van der Waals surface area contributed by atoms with E-state index in [1.54, 1.807) is 0 Å². The van der Waals surface area contributed by atoms with Gasteiger partial charge < -0.3 is 4.74 Å². The first kappa shape index (κ1) is 9.64. The van der Waals surface area contributed by atoms with E-state index in [2.05, 4.69) is 9.97 Å². The van der Waals surface area contributed by atoms with Gasteiger partial charge in [0.25, 0.3) is 0 Å². The van der Waals surface area contributed by atoms with Crippen LogP contribution in [0.1, 0.15) is 30.6 Å². The number of aromatic nitrogens is 2. The van der Waals surface area contributed by atoms with Crippen molar-refractivity contribution in [3.05, 3.63) is 24.3 Å². The van der Waals surface area contributed by atoms with Crippen molar-refractivity contribution >= 4 is 5.97 Å². The summed E-state index contributed by atoms with van der Waals surface area (Å²) in [5, 5.41) is 0. The Balaban J connectivity index is 2.59. The van der Waals surface area contributed by atoms with E-state index in [0.717, 1.165) is 6.42 Å². The molecular weight excluding hydrogens is 168 g/mol. The maximum Gasteiger partial charge on any atom is 0.341 e. The lowest BCUT2D eigenvalue weighted by molar-refractivity contribution is 0.0333. The Bertz CT molecular complexity index is 274.